The Kier molecular flexibility index (Phi) is 3.13. The highest BCUT2D eigenvalue weighted by Gasteiger charge is 2.43. The number of carbonyl (C=O) groups excluding carboxylic acids is 1. The van der Waals surface area contributed by atoms with Crippen molar-refractivity contribution in [2.45, 2.75) is 25.8 Å². The molecule has 1 aliphatic carbocycles. The summed E-state index contributed by atoms with van der Waals surface area (Å²) in [5.41, 5.74) is 2.10. The van der Waals surface area contributed by atoms with Crippen molar-refractivity contribution in [3.63, 3.8) is 0 Å². The first-order valence-corrected chi connectivity index (χ1v) is 5.64. The predicted octanol–water partition coefficient (Wildman–Crippen LogP) is 1.51. The Morgan fingerprint density at radius 2 is 2.00 bits per heavy atom. The van der Waals surface area contributed by atoms with Gasteiger partial charge in [0.25, 0.3) is 0 Å². The fourth-order valence-electron chi connectivity index (χ4n) is 1.95. The van der Waals surface area contributed by atoms with E-state index in [2.05, 4.69) is 5.32 Å². The number of hydrogen-bond donors (Lipinski definition) is 2. The first kappa shape index (κ1) is 11.6. The average Bonchev–Trinajstić information content (AvgIpc) is 3.07. The lowest BCUT2D eigenvalue weighted by Gasteiger charge is -2.04. The summed E-state index contributed by atoms with van der Waals surface area (Å²) in [5.74, 6) is -0.807. The van der Waals surface area contributed by atoms with Gasteiger partial charge >= 0.3 is 5.97 Å². The van der Waals surface area contributed by atoms with Gasteiger partial charge in [0.15, 0.2) is 0 Å². The fraction of sp³-hybridized carbons (Fsp3) is 0.385. The van der Waals surface area contributed by atoms with Gasteiger partial charge in [-0.3, -0.25) is 9.59 Å². The molecule has 1 aliphatic rings. The molecule has 1 aromatic rings. The largest absolute Gasteiger partial charge is 0.481 e. The number of carboxylic acid groups (broad SMARTS) is 1. The van der Waals surface area contributed by atoms with Crippen molar-refractivity contribution in [2.24, 2.45) is 5.92 Å². The summed E-state index contributed by atoms with van der Waals surface area (Å²) < 4.78 is 0. The standard InChI is InChI=1S/C13H15NO3/c1-8(15)14-7-9-2-4-10(5-3-9)11-6-12(11)13(16)17/h2-5,11-12H,6-7H2,1H3,(H,14,15)(H,16,17)/t11-,12+/m0/s1. The van der Waals surface area contributed by atoms with Gasteiger partial charge < -0.3 is 10.4 Å². The summed E-state index contributed by atoms with van der Waals surface area (Å²) in [4.78, 5) is 21.5. The number of carbonyl (C=O) groups is 2. The van der Waals surface area contributed by atoms with E-state index in [1.165, 1.54) is 6.92 Å². The van der Waals surface area contributed by atoms with E-state index in [1.54, 1.807) is 0 Å². The number of aliphatic carboxylic acids is 1. The zero-order valence-electron chi connectivity index (χ0n) is 9.64. The number of amides is 1. The molecule has 0 spiro atoms. The Bertz CT molecular complexity index is 438. The third kappa shape index (κ3) is 2.84. The minimum Gasteiger partial charge on any atom is -0.481 e. The second-order valence-corrected chi connectivity index (χ2v) is 4.44. The molecule has 0 saturated heterocycles. The van der Waals surface area contributed by atoms with Crippen LogP contribution in [-0.4, -0.2) is 17.0 Å². The Morgan fingerprint density at radius 3 is 2.47 bits per heavy atom. The summed E-state index contributed by atoms with van der Waals surface area (Å²) in [6.45, 7) is 2.00. The van der Waals surface area contributed by atoms with Crippen molar-refractivity contribution in [2.75, 3.05) is 0 Å². The van der Waals surface area contributed by atoms with Crippen LogP contribution in [0.25, 0.3) is 0 Å². The Balaban J connectivity index is 1.95. The lowest BCUT2D eigenvalue weighted by atomic mass is 10.1. The number of nitrogens with one attached hydrogen (secondary N) is 1. The van der Waals surface area contributed by atoms with Gasteiger partial charge in [-0.05, 0) is 23.5 Å². The van der Waals surface area contributed by atoms with Gasteiger partial charge in [0.1, 0.15) is 0 Å². The molecule has 4 heteroatoms. The molecular weight excluding hydrogens is 218 g/mol. The van der Waals surface area contributed by atoms with E-state index < -0.39 is 5.97 Å². The molecule has 0 radical (unpaired) electrons. The number of benzene rings is 1. The normalized spacial score (nSPS) is 21.9. The number of carboxylic acids is 1. The van der Waals surface area contributed by atoms with Gasteiger partial charge in [-0.15, -0.1) is 0 Å². The van der Waals surface area contributed by atoms with Crippen LogP contribution in [0.1, 0.15) is 30.4 Å². The van der Waals surface area contributed by atoms with Crippen LogP contribution < -0.4 is 5.32 Å². The van der Waals surface area contributed by atoms with E-state index >= 15 is 0 Å². The molecule has 0 heterocycles. The van der Waals surface area contributed by atoms with Gasteiger partial charge in [0, 0.05) is 13.5 Å². The molecular formula is C13H15NO3. The van der Waals surface area contributed by atoms with Crippen molar-refractivity contribution >= 4 is 11.9 Å². The Morgan fingerprint density at radius 1 is 1.35 bits per heavy atom. The van der Waals surface area contributed by atoms with E-state index in [1.807, 2.05) is 24.3 Å². The second kappa shape index (κ2) is 4.57. The SMILES string of the molecule is CC(=O)NCc1ccc([C@@H]2C[C@H]2C(=O)O)cc1. The third-order valence-corrected chi connectivity index (χ3v) is 3.06. The van der Waals surface area contributed by atoms with Crippen LogP contribution in [0.15, 0.2) is 24.3 Å². The second-order valence-electron chi connectivity index (χ2n) is 4.44. The molecule has 0 unspecified atom stereocenters. The van der Waals surface area contributed by atoms with Crippen LogP contribution in [0.2, 0.25) is 0 Å². The minimum absolute atomic E-state index is 0.0535. The van der Waals surface area contributed by atoms with Crippen molar-refractivity contribution < 1.29 is 14.7 Å². The van der Waals surface area contributed by atoms with E-state index in [0.717, 1.165) is 17.5 Å². The maximum Gasteiger partial charge on any atom is 0.307 e. The number of rotatable bonds is 4. The van der Waals surface area contributed by atoms with Crippen LogP contribution in [-0.2, 0) is 16.1 Å². The Hall–Kier alpha value is -1.84. The van der Waals surface area contributed by atoms with Crippen molar-refractivity contribution in [3.05, 3.63) is 35.4 Å². The topological polar surface area (TPSA) is 66.4 Å². The van der Waals surface area contributed by atoms with Gasteiger partial charge in [-0.1, -0.05) is 24.3 Å². The molecule has 1 amide bonds. The average molecular weight is 233 g/mol. The van der Waals surface area contributed by atoms with E-state index in [9.17, 15) is 9.59 Å². The molecule has 4 nitrogen and oxygen atoms in total. The van der Waals surface area contributed by atoms with Gasteiger partial charge in [-0.25, -0.2) is 0 Å². The lowest BCUT2D eigenvalue weighted by molar-refractivity contribution is -0.138. The molecule has 0 bridgehead atoms. The monoisotopic (exact) mass is 233 g/mol. The maximum absolute atomic E-state index is 10.7. The van der Waals surface area contributed by atoms with Crippen LogP contribution >= 0.6 is 0 Å². The molecule has 90 valence electrons. The smallest absolute Gasteiger partial charge is 0.307 e. The van der Waals surface area contributed by atoms with Crippen molar-refractivity contribution in [1.29, 1.82) is 0 Å². The van der Waals surface area contributed by atoms with E-state index in [4.69, 9.17) is 5.11 Å². The first-order valence-electron chi connectivity index (χ1n) is 5.64. The maximum atomic E-state index is 10.7. The highest BCUT2D eigenvalue weighted by molar-refractivity contribution is 5.75. The molecule has 0 aromatic heterocycles. The quantitative estimate of drug-likeness (QED) is 0.828. The molecule has 2 rings (SSSR count). The molecule has 0 aliphatic heterocycles. The van der Waals surface area contributed by atoms with E-state index in [-0.39, 0.29) is 17.7 Å². The molecule has 1 saturated carbocycles. The minimum atomic E-state index is -0.711. The van der Waals surface area contributed by atoms with Gasteiger partial charge in [0.2, 0.25) is 5.91 Å². The molecule has 1 fully saturated rings. The summed E-state index contributed by atoms with van der Waals surface area (Å²) in [6, 6.07) is 7.76. The summed E-state index contributed by atoms with van der Waals surface area (Å²) in [6.07, 6.45) is 0.736. The first-order chi connectivity index (χ1) is 8.08. The highest BCUT2D eigenvalue weighted by atomic mass is 16.4. The molecule has 1 aromatic carbocycles. The molecule has 17 heavy (non-hydrogen) atoms. The summed E-state index contributed by atoms with van der Waals surface area (Å²) >= 11 is 0. The summed E-state index contributed by atoms with van der Waals surface area (Å²) in [5, 5.41) is 11.6. The number of hydrogen-bond acceptors (Lipinski definition) is 2. The zero-order chi connectivity index (χ0) is 12.4. The summed E-state index contributed by atoms with van der Waals surface area (Å²) in [7, 11) is 0. The lowest BCUT2D eigenvalue weighted by Crippen LogP contribution is -2.18. The van der Waals surface area contributed by atoms with Crippen LogP contribution in [0.3, 0.4) is 0 Å². The van der Waals surface area contributed by atoms with Crippen LogP contribution in [0.4, 0.5) is 0 Å². The predicted molar refractivity (Wildman–Crippen MR) is 62.4 cm³/mol. The van der Waals surface area contributed by atoms with Gasteiger partial charge in [-0.2, -0.15) is 0 Å². The van der Waals surface area contributed by atoms with Gasteiger partial charge in [0.05, 0.1) is 5.92 Å². The van der Waals surface area contributed by atoms with Crippen molar-refractivity contribution in [1.82, 2.24) is 5.32 Å². The highest BCUT2D eigenvalue weighted by Crippen LogP contribution is 2.47. The van der Waals surface area contributed by atoms with Crippen molar-refractivity contribution in [3.8, 4) is 0 Å². The van der Waals surface area contributed by atoms with Crippen LogP contribution in [0, 0.1) is 5.92 Å². The Labute approximate surface area is 99.6 Å². The zero-order valence-corrected chi connectivity index (χ0v) is 9.64. The molecule has 2 atom stereocenters. The fourth-order valence-corrected chi connectivity index (χ4v) is 1.95. The van der Waals surface area contributed by atoms with Crippen LogP contribution in [0.5, 0.6) is 0 Å². The molecule has 2 N–H and O–H groups in total. The third-order valence-electron chi connectivity index (χ3n) is 3.06. The van der Waals surface area contributed by atoms with E-state index in [0.29, 0.717) is 6.54 Å².